The zero-order valence-corrected chi connectivity index (χ0v) is 17.4. The van der Waals surface area contributed by atoms with Gasteiger partial charge in [0.1, 0.15) is 0 Å². The molecule has 0 radical (unpaired) electrons. The Balaban J connectivity index is 1.36. The van der Waals surface area contributed by atoms with E-state index in [-0.39, 0.29) is 11.7 Å². The van der Waals surface area contributed by atoms with Gasteiger partial charge in [0.25, 0.3) is 15.9 Å². The SMILES string of the molecule is O=C(Nc1nc(-c2ccccc2)cs1)c1ccc2c(c1)SC1=NS(=O)(=O)CCN12. The van der Waals surface area contributed by atoms with Gasteiger partial charge in [-0.05, 0) is 30.0 Å². The van der Waals surface area contributed by atoms with E-state index in [0.29, 0.717) is 22.4 Å². The maximum Gasteiger partial charge on any atom is 0.257 e. The molecule has 0 saturated heterocycles. The summed E-state index contributed by atoms with van der Waals surface area (Å²) >= 11 is 2.63. The van der Waals surface area contributed by atoms with Crippen molar-refractivity contribution >= 4 is 55.0 Å². The van der Waals surface area contributed by atoms with Crippen molar-refractivity contribution in [1.29, 1.82) is 0 Å². The zero-order chi connectivity index (χ0) is 20.0. The Morgan fingerprint density at radius 2 is 1.97 bits per heavy atom. The summed E-state index contributed by atoms with van der Waals surface area (Å²) in [4.78, 5) is 19.9. The highest BCUT2D eigenvalue weighted by Gasteiger charge is 2.33. The molecule has 0 spiro atoms. The summed E-state index contributed by atoms with van der Waals surface area (Å²) in [6.07, 6.45) is 0. The van der Waals surface area contributed by atoms with Crippen LogP contribution in [0.2, 0.25) is 0 Å². The van der Waals surface area contributed by atoms with Gasteiger partial charge in [0, 0.05) is 27.9 Å². The van der Waals surface area contributed by atoms with Crippen LogP contribution in [0.5, 0.6) is 0 Å². The number of thiazole rings is 1. The Morgan fingerprint density at radius 1 is 1.14 bits per heavy atom. The van der Waals surface area contributed by atoms with Crippen LogP contribution in [0, 0.1) is 0 Å². The van der Waals surface area contributed by atoms with Crippen molar-refractivity contribution in [2.45, 2.75) is 4.90 Å². The van der Waals surface area contributed by atoms with Crippen molar-refractivity contribution in [2.24, 2.45) is 4.40 Å². The number of carbonyl (C=O) groups excluding carboxylic acids is 1. The number of benzene rings is 2. The number of hydrogen-bond donors (Lipinski definition) is 1. The molecular formula is C19H14N4O3S3. The monoisotopic (exact) mass is 442 g/mol. The van der Waals surface area contributed by atoms with E-state index >= 15 is 0 Å². The van der Waals surface area contributed by atoms with Crippen molar-refractivity contribution < 1.29 is 13.2 Å². The molecule has 1 aromatic heterocycles. The standard InChI is InChI=1S/C19H14N4O3S3/c24-17(21-18-20-14(11-27-18)12-4-2-1-3-5-12)13-6-7-15-16(10-13)28-19-22-29(25,26)9-8-23(15)19/h1-7,10-11H,8-9H2,(H,20,21,24). The van der Waals surface area contributed by atoms with E-state index in [0.717, 1.165) is 21.8 Å². The quantitative estimate of drug-likeness (QED) is 0.665. The van der Waals surface area contributed by atoms with Crippen molar-refractivity contribution in [3.05, 3.63) is 59.5 Å². The van der Waals surface area contributed by atoms with E-state index in [1.54, 1.807) is 12.1 Å². The smallest absolute Gasteiger partial charge is 0.257 e. The lowest BCUT2D eigenvalue weighted by Crippen LogP contribution is -2.35. The first-order valence-corrected chi connectivity index (χ1v) is 12.0. The first kappa shape index (κ1) is 18.3. The molecule has 0 bridgehead atoms. The zero-order valence-electron chi connectivity index (χ0n) is 14.9. The average Bonchev–Trinajstić information content (AvgIpc) is 3.31. The van der Waals surface area contributed by atoms with Gasteiger partial charge in [-0.25, -0.2) is 13.4 Å². The lowest BCUT2D eigenvalue weighted by molar-refractivity contribution is 0.102. The third-order valence-corrected chi connectivity index (χ3v) is 7.59. The molecule has 2 aliphatic rings. The van der Waals surface area contributed by atoms with Gasteiger partial charge >= 0.3 is 0 Å². The fourth-order valence-electron chi connectivity index (χ4n) is 3.11. The maximum absolute atomic E-state index is 12.7. The van der Waals surface area contributed by atoms with Crippen LogP contribution in [0.15, 0.2) is 63.2 Å². The number of nitrogens with zero attached hydrogens (tertiary/aromatic N) is 3. The number of hydrogen-bond acceptors (Lipinski definition) is 7. The molecular weight excluding hydrogens is 428 g/mol. The molecule has 29 heavy (non-hydrogen) atoms. The van der Waals surface area contributed by atoms with Crippen LogP contribution in [0.1, 0.15) is 10.4 Å². The van der Waals surface area contributed by atoms with Gasteiger partial charge in [-0.1, -0.05) is 30.3 Å². The maximum atomic E-state index is 12.7. The molecule has 2 aliphatic heterocycles. The highest BCUT2D eigenvalue weighted by atomic mass is 32.2. The van der Waals surface area contributed by atoms with Crippen molar-refractivity contribution in [1.82, 2.24) is 4.98 Å². The normalized spacial score (nSPS) is 16.7. The van der Waals surface area contributed by atoms with E-state index in [2.05, 4.69) is 14.7 Å². The highest BCUT2D eigenvalue weighted by Crippen LogP contribution is 2.42. The van der Waals surface area contributed by atoms with Crippen LogP contribution in [-0.4, -0.2) is 36.8 Å². The third kappa shape index (κ3) is 3.54. The van der Waals surface area contributed by atoms with E-state index in [1.807, 2.05) is 46.7 Å². The number of aromatic nitrogens is 1. The minimum absolute atomic E-state index is 0.00741. The average molecular weight is 443 g/mol. The second kappa shape index (κ2) is 6.97. The van der Waals surface area contributed by atoms with Crippen LogP contribution in [-0.2, 0) is 10.0 Å². The summed E-state index contributed by atoms with van der Waals surface area (Å²) in [5.41, 5.74) is 3.16. The number of carbonyl (C=O) groups is 1. The third-order valence-electron chi connectivity index (χ3n) is 4.53. The number of sulfonamides is 1. The van der Waals surface area contributed by atoms with Gasteiger partial charge in [0.05, 0.1) is 17.1 Å². The highest BCUT2D eigenvalue weighted by molar-refractivity contribution is 8.15. The van der Waals surface area contributed by atoms with E-state index < -0.39 is 10.0 Å². The van der Waals surface area contributed by atoms with E-state index in [4.69, 9.17) is 0 Å². The summed E-state index contributed by atoms with van der Waals surface area (Å²) in [5.74, 6) is -0.270. The van der Waals surface area contributed by atoms with Crippen LogP contribution in [0.3, 0.4) is 0 Å². The molecule has 2 aromatic carbocycles. The van der Waals surface area contributed by atoms with Crippen LogP contribution in [0.4, 0.5) is 10.8 Å². The Morgan fingerprint density at radius 3 is 2.79 bits per heavy atom. The molecule has 7 nitrogen and oxygen atoms in total. The molecule has 3 aromatic rings. The fraction of sp³-hybridized carbons (Fsp3) is 0.105. The topological polar surface area (TPSA) is 91.7 Å². The fourth-order valence-corrected chi connectivity index (χ4v) is 6.12. The molecule has 1 amide bonds. The van der Waals surface area contributed by atoms with Crippen molar-refractivity contribution in [3.8, 4) is 11.3 Å². The van der Waals surface area contributed by atoms with Gasteiger partial charge < -0.3 is 4.90 Å². The second-order valence-corrected chi connectivity index (χ2v) is 10.1. The first-order valence-electron chi connectivity index (χ1n) is 8.73. The number of nitrogens with one attached hydrogen (secondary N) is 1. The molecule has 3 heterocycles. The summed E-state index contributed by atoms with van der Waals surface area (Å²) < 4.78 is 27.3. The number of amides is 1. The Hall–Kier alpha value is -2.69. The lowest BCUT2D eigenvalue weighted by atomic mass is 10.2. The van der Waals surface area contributed by atoms with Crippen molar-refractivity contribution in [3.63, 3.8) is 0 Å². The Bertz CT molecular complexity index is 1250. The Kier molecular flexibility index (Phi) is 4.41. The minimum Gasteiger partial charge on any atom is -0.318 e. The van der Waals surface area contributed by atoms with Gasteiger partial charge in [-0.15, -0.1) is 15.7 Å². The molecule has 0 aliphatic carbocycles. The van der Waals surface area contributed by atoms with Gasteiger partial charge in [0.15, 0.2) is 10.3 Å². The second-order valence-electron chi connectivity index (χ2n) is 6.45. The molecule has 1 N–H and O–H groups in total. The van der Waals surface area contributed by atoms with Gasteiger partial charge in [0.2, 0.25) is 0 Å². The number of amidine groups is 1. The predicted octanol–water partition coefficient (Wildman–Crippen LogP) is 3.67. The summed E-state index contributed by atoms with van der Waals surface area (Å²) in [6, 6.07) is 15.1. The number of anilines is 2. The molecule has 10 heteroatoms. The van der Waals surface area contributed by atoms with Gasteiger partial charge in [-0.2, -0.15) is 0 Å². The summed E-state index contributed by atoms with van der Waals surface area (Å²) in [6.45, 7) is 0.369. The Labute approximate surface area is 175 Å². The first-order chi connectivity index (χ1) is 14.0. The molecule has 146 valence electrons. The number of thioether (sulfide) groups is 1. The number of fused-ring (bicyclic) bond motifs is 3. The minimum atomic E-state index is -3.40. The van der Waals surface area contributed by atoms with Crippen molar-refractivity contribution in [2.75, 3.05) is 22.5 Å². The molecule has 5 rings (SSSR count). The summed E-state index contributed by atoms with van der Waals surface area (Å²) in [7, 11) is -3.40. The van der Waals surface area contributed by atoms with E-state index in [9.17, 15) is 13.2 Å². The van der Waals surface area contributed by atoms with E-state index in [1.165, 1.54) is 23.1 Å². The molecule has 0 fully saturated rings. The summed E-state index contributed by atoms with van der Waals surface area (Å²) in [5, 5.41) is 5.70. The lowest BCUT2D eigenvalue weighted by Gasteiger charge is -2.22. The van der Waals surface area contributed by atoms with Crippen LogP contribution in [0.25, 0.3) is 11.3 Å². The predicted molar refractivity (Wildman–Crippen MR) is 116 cm³/mol. The van der Waals surface area contributed by atoms with Crippen LogP contribution < -0.4 is 10.2 Å². The van der Waals surface area contributed by atoms with Crippen LogP contribution >= 0.6 is 23.1 Å². The molecule has 0 saturated carbocycles. The largest absolute Gasteiger partial charge is 0.318 e. The molecule has 0 unspecified atom stereocenters. The van der Waals surface area contributed by atoms with Gasteiger partial charge in [-0.3, -0.25) is 10.1 Å². The molecule has 0 atom stereocenters. The number of rotatable bonds is 3.